The van der Waals surface area contributed by atoms with Crippen molar-refractivity contribution in [1.29, 1.82) is 0 Å². The molecule has 0 unspecified atom stereocenters. The number of hydrogen-bond acceptors (Lipinski definition) is 5. The highest BCUT2D eigenvalue weighted by molar-refractivity contribution is 5.92. The van der Waals surface area contributed by atoms with E-state index in [9.17, 15) is 5.11 Å². The fourth-order valence-corrected chi connectivity index (χ4v) is 1.68. The van der Waals surface area contributed by atoms with Crippen LogP contribution in [0.5, 0.6) is 0 Å². The van der Waals surface area contributed by atoms with Crippen molar-refractivity contribution in [3.05, 3.63) is 0 Å². The lowest BCUT2D eigenvalue weighted by Crippen LogP contribution is -2.36. The molecule has 0 atom stereocenters. The van der Waals surface area contributed by atoms with Crippen molar-refractivity contribution >= 4 is 11.4 Å². The van der Waals surface area contributed by atoms with Crippen LogP contribution >= 0.6 is 0 Å². The Labute approximate surface area is 102 Å². The van der Waals surface area contributed by atoms with Crippen LogP contribution in [-0.4, -0.2) is 35.3 Å². The second-order valence-corrected chi connectivity index (χ2v) is 4.27. The van der Waals surface area contributed by atoms with Gasteiger partial charge in [-0.1, -0.05) is 24.2 Å². The average Bonchev–Trinajstić information content (AvgIpc) is 3.01. The predicted octanol–water partition coefficient (Wildman–Crippen LogP) is 2.10. The lowest BCUT2D eigenvalue weighted by atomic mass is 9.90. The van der Waals surface area contributed by atoms with Gasteiger partial charge in [0.2, 0.25) is 0 Å². The van der Waals surface area contributed by atoms with Gasteiger partial charge in [-0.15, -0.1) is 0 Å². The Bertz CT molecular complexity index is 296. The minimum Gasteiger partial charge on any atom is -0.395 e. The van der Waals surface area contributed by atoms with Gasteiger partial charge in [-0.05, 0) is 19.8 Å². The molecule has 0 saturated carbocycles. The zero-order valence-corrected chi connectivity index (χ0v) is 10.9. The topological polar surface area (TPSA) is 63.4 Å². The molecular formula is C12H22N2O3. The first-order valence-electron chi connectivity index (χ1n) is 6.19. The molecule has 2 heterocycles. The van der Waals surface area contributed by atoms with Crippen LogP contribution in [0.2, 0.25) is 0 Å². The van der Waals surface area contributed by atoms with Crippen molar-refractivity contribution in [2.24, 2.45) is 10.3 Å². The van der Waals surface area contributed by atoms with Gasteiger partial charge in [0.15, 0.2) is 0 Å². The van der Waals surface area contributed by atoms with Crippen molar-refractivity contribution in [2.75, 3.05) is 13.2 Å². The Balaban J connectivity index is 0.000000202. The third kappa shape index (κ3) is 4.00. The minimum atomic E-state index is -0.712. The number of nitrogens with zero attached hydrogens (tertiary/aromatic N) is 2. The van der Waals surface area contributed by atoms with Crippen LogP contribution in [0.25, 0.3) is 0 Å². The highest BCUT2D eigenvalue weighted by Crippen LogP contribution is 2.21. The van der Waals surface area contributed by atoms with Crippen LogP contribution in [-0.2, 0) is 9.68 Å². The van der Waals surface area contributed by atoms with E-state index in [0.717, 1.165) is 30.9 Å². The van der Waals surface area contributed by atoms with E-state index in [0.29, 0.717) is 19.4 Å². The molecule has 0 aromatic heterocycles. The van der Waals surface area contributed by atoms with Crippen LogP contribution in [0.15, 0.2) is 10.3 Å². The van der Waals surface area contributed by atoms with E-state index in [1.807, 2.05) is 20.8 Å². The molecule has 98 valence electrons. The maximum atomic E-state index is 9.92. The van der Waals surface area contributed by atoms with Gasteiger partial charge < -0.3 is 14.8 Å². The summed E-state index contributed by atoms with van der Waals surface area (Å²) in [4.78, 5) is 9.48. The van der Waals surface area contributed by atoms with Gasteiger partial charge in [0.25, 0.3) is 0 Å². The largest absolute Gasteiger partial charge is 0.395 e. The molecule has 2 aliphatic rings. The first-order valence-corrected chi connectivity index (χ1v) is 6.19. The molecule has 17 heavy (non-hydrogen) atoms. The summed E-state index contributed by atoms with van der Waals surface area (Å²) in [6.07, 6.45) is 3.22. The summed E-state index contributed by atoms with van der Waals surface area (Å²) >= 11 is 0. The molecule has 0 radical (unpaired) electrons. The van der Waals surface area contributed by atoms with Crippen LogP contribution in [0.3, 0.4) is 0 Å². The molecule has 1 N–H and O–H groups in total. The smallest absolute Gasteiger partial charge is 0.122 e. The third-order valence-electron chi connectivity index (χ3n) is 3.09. The van der Waals surface area contributed by atoms with Crippen LogP contribution in [0, 0.1) is 0 Å². The molecule has 5 heteroatoms. The quantitative estimate of drug-likeness (QED) is 0.824. The zero-order chi connectivity index (χ0) is 12.7. The Morgan fingerprint density at radius 1 is 1.12 bits per heavy atom. The summed E-state index contributed by atoms with van der Waals surface area (Å²) in [5.41, 5.74) is 1.20. The van der Waals surface area contributed by atoms with Crippen molar-refractivity contribution in [3.8, 4) is 0 Å². The fraction of sp³-hybridized carbons (Fsp3) is 0.833. The van der Waals surface area contributed by atoms with Gasteiger partial charge in [-0.25, -0.2) is 0 Å². The van der Waals surface area contributed by atoms with Gasteiger partial charge >= 0.3 is 0 Å². The maximum absolute atomic E-state index is 9.92. The SMILES string of the molecule is CC1=NOCC1.CCC(O)(CC)C1=NOCC1. The van der Waals surface area contributed by atoms with E-state index < -0.39 is 5.60 Å². The van der Waals surface area contributed by atoms with Gasteiger partial charge in [0, 0.05) is 12.8 Å². The monoisotopic (exact) mass is 242 g/mol. The Morgan fingerprint density at radius 3 is 2.00 bits per heavy atom. The number of rotatable bonds is 3. The Hall–Kier alpha value is -1.10. The molecule has 0 fully saturated rings. The summed E-state index contributed by atoms with van der Waals surface area (Å²) in [7, 11) is 0. The van der Waals surface area contributed by atoms with Gasteiger partial charge in [-0.2, -0.15) is 0 Å². The first kappa shape index (κ1) is 14.0. The van der Waals surface area contributed by atoms with Crippen LogP contribution < -0.4 is 0 Å². The van der Waals surface area contributed by atoms with E-state index in [1.165, 1.54) is 0 Å². The summed E-state index contributed by atoms with van der Waals surface area (Å²) in [6, 6.07) is 0. The molecule has 5 nitrogen and oxygen atoms in total. The molecule has 2 aliphatic heterocycles. The zero-order valence-electron chi connectivity index (χ0n) is 10.9. The molecule has 0 aromatic rings. The molecule has 0 bridgehead atoms. The summed E-state index contributed by atoms with van der Waals surface area (Å²) in [5.74, 6) is 0. The average molecular weight is 242 g/mol. The molecule has 0 amide bonds. The Kier molecular flexibility index (Phi) is 5.41. The fourth-order valence-electron chi connectivity index (χ4n) is 1.68. The Morgan fingerprint density at radius 2 is 1.71 bits per heavy atom. The van der Waals surface area contributed by atoms with E-state index >= 15 is 0 Å². The van der Waals surface area contributed by atoms with E-state index in [2.05, 4.69) is 15.1 Å². The number of hydrogen-bond donors (Lipinski definition) is 1. The molecular weight excluding hydrogens is 220 g/mol. The van der Waals surface area contributed by atoms with Crippen LogP contribution in [0.1, 0.15) is 46.5 Å². The third-order valence-corrected chi connectivity index (χ3v) is 3.09. The van der Waals surface area contributed by atoms with Crippen molar-refractivity contribution in [3.63, 3.8) is 0 Å². The minimum absolute atomic E-state index is 0.623. The number of oxime groups is 2. The van der Waals surface area contributed by atoms with E-state index in [-0.39, 0.29) is 0 Å². The van der Waals surface area contributed by atoms with Gasteiger partial charge in [-0.3, -0.25) is 0 Å². The maximum Gasteiger partial charge on any atom is 0.122 e. The summed E-state index contributed by atoms with van der Waals surface area (Å²) < 4.78 is 0. The standard InChI is InChI=1S/C8H15NO2.C4H7NO/c1-3-8(10,4-2)7-5-6-11-9-7;1-4-2-3-6-5-4/h10H,3-6H2,1-2H3;2-3H2,1H3. The van der Waals surface area contributed by atoms with E-state index in [4.69, 9.17) is 4.84 Å². The molecule has 2 rings (SSSR count). The normalized spacial score (nSPS) is 18.6. The van der Waals surface area contributed by atoms with Gasteiger partial charge in [0.1, 0.15) is 18.8 Å². The van der Waals surface area contributed by atoms with Crippen molar-refractivity contribution < 1.29 is 14.8 Å². The highest BCUT2D eigenvalue weighted by Gasteiger charge is 2.31. The van der Waals surface area contributed by atoms with E-state index in [1.54, 1.807) is 0 Å². The molecule has 0 spiro atoms. The van der Waals surface area contributed by atoms with Crippen LogP contribution in [0.4, 0.5) is 0 Å². The molecule has 0 saturated heterocycles. The summed E-state index contributed by atoms with van der Waals surface area (Å²) in [6.45, 7) is 7.30. The second-order valence-electron chi connectivity index (χ2n) is 4.27. The second kappa shape index (κ2) is 6.59. The first-order chi connectivity index (χ1) is 8.12. The predicted molar refractivity (Wildman–Crippen MR) is 67.2 cm³/mol. The molecule has 0 aromatic carbocycles. The van der Waals surface area contributed by atoms with Crippen molar-refractivity contribution in [2.45, 2.75) is 52.1 Å². The van der Waals surface area contributed by atoms with Gasteiger partial charge in [0.05, 0.1) is 11.4 Å². The lowest BCUT2D eigenvalue weighted by Gasteiger charge is -2.23. The highest BCUT2D eigenvalue weighted by atomic mass is 16.6. The lowest BCUT2D eigenvalue weighted by molar-refractivity contribution is 0.100. The van der Waals surface area contributed by atoms with Crippen molar-refractivity contribution in [1.82, 2.24) is 0 Å². The number of aliphatic hydroxyl groups is 1. The molecule has 0 aliphatic carbocycles. The summed E-state index contributed by atoms with van der Waals surface area (Å²) in [5, 5.41) is 17.4.